The lowest BCUT2D eigenvalue weighted by molar-refractivity contribution is -0.119. The molecule has 2 N–H and O–H groups in total. The Labute approximate surface area is 59.0 Å². The van der Waals surface area contributed by atoms with Crippen LogP contribution in [-0.4, -0.2) is 18.2 Å². The van der Waals surface area contributed by atoms with E-state index in [1.807, 2.05) is 6.08 Å². The molecule has 1 rings (SSSR count). The fourth-order valence-electron chi connectivity index (χ4n) is 0.683. The van der Waals surface area contributed by atoms with Crippen LogP contribution in [0, 0.1) is 0 Å². The average molecular weight is 139 g/mol. The molecular weight excluding hydrogens is 130 g/mol. The van der Waals surface area contributed by atoms with Crippen molar-refractivity contribution in [2.24, 2.45) is 5.10 Å². The molecule has 1 aliphatic rings. The van der Waals surface area contributed by atoms with Crippen LogP contribution >= 0.6 is 0 Å². The molecule has 0 aromatic rings. The minimum atomic E-state index is -0.0567. The Kier molecular flexibility index (Phi) is 2.04. The van der Waals surface area contributed by atoms with Gasteiger partial charge in [0, 0.05) is 13.1 Å². The minimum absolute atomic E-state index is 0.0528. The number of amides is 1. The molecule has 1 unspecified atom stereocenters. The summed E-state index contributed by atoms with van der Waals surface area (Å²) in [4.78, 5) is 10.5. The number of hydrazone groups is 1. The van der Waals surface area contributed by atoms with Gasteiger partial charge in [0.2, 0.25) is 5.91 Å². The van der Waals surface area contributed by atoms with Crippen LogP contribution in [0.15, 0.2) is 17.4 Å². The fourth-order valence-corrected chi connectivity index (χ4v) is 0.683. The number of carbonyl (C=O) groups is 1. The van der Waals surface area contributed by atoms with E-state index >= 15 is 0 Å². The zero-order valence-electron chi connectivity index (χ0n) is 5.66. The molecular formula is C6H9N3O. The van der Waals surface area contributed by atoms with E-state index in [1.165, 1.54) is 6.92 Å². The highest BCUT2D eigenvalue weighted by atomic mass is 16.1. The normalized spacial score (nSPS) is 21.9. The largest absolute Gasteiger partial charge is 0.345 e. The molecule has 0 aromatic heterocycles. The number of nitrogens with zero attached hydrogens (tertiary/aromatic N) is 1. The third kappa shape index (κ3) is 1.89. The zero-order valence-corrected chi connectivity index (χ0v) is 5.66. The molecule has 1 atom stereocenters. The Morgan fingerprint density at radius 1 is 1.80 bits per heavy atom. The van der Waals surface area contributed by atoms with Crippen LogP contribution in [0.25, 0.3) is 0 Å². The van der Waals surface area contributed by atoms with Gasteiger partial charge in [0.25, 0.3) is 0 Å². The topological polar surface area (TPSA) is 53.5 Å². The molecule has 0 spiro atoms. The van der Waals surface area contributed by atoms with E-state index < -0.39 is 0 Å². The second-order valence-electron chi connectivity index (χ2n) is 1.99. The molecule has 0 saturated carbocycles. The summed E-state index contributed by atoms with van der Waals surface area (Å²) in [6.07, 6.45) is 5.12. The Morgan fingerprint density at radius 3 is 3.10 bits per heavy atom. The maximum Gasteiger partial charge on any atom is 0.217 e. The van der Waals surface area contributed by atoms with E-state index in [2.05, 4.69) is 15.8 Å². The standard InChI is InChI=1S/C6H9N3O/c1-5(10)9-6-2-3-7-8-4-6/h2-4,6-7H,1H3,(H,9,10). The molecule has 0 fully saturated rings. The van der Waals surface area contributed by atoms with E-state index in [-0.39, 0.29) is 11.9 Å². The molecule has 54 valence electrons. The molecule has 4 heteroatoms. The first-order valence-electron chi connectivity index (χ1n) is 3.01. The van der Waals surface area contributed by atoms with Crippen molar-refractivity contribution in [1.82, 2.24) is 10.7 Å². The third-order valence-electron chi connectivity index (χ3n) is 1.06. The van der Waals surface area contributed by atoms with Gasteiger partial charge in [-0.05, 0) is 6.08 Å². The minimum Gasteiger partial charge on any atom is -0.345 e. The third-order valence-corrected chi connectivity index (χ3v) is 1.06. The number of nitrogens with one attached hydrogen (secondary N) is 2. The summed E-state index contributed by atoms with van der Waals surface area (Å²) < 4.78 is 0. The highest BCUT2D eigenvalue weighted by Gasteiger charge is 2.03. The first-order chi connectivity index (χ1) is 4.79. The lowest BCUT2D eigenvalue weighted by Gasteiger charge is -2.10. The van der Waals surface area contributed by atoms with Gasteiger partial charge in [0.1, 0.15) is 0 Å². The second kappa shape index (κ2) is 3.00. The second-order valence-corrected chi connectivity index (χ2v) is 1.99. The molecule has 0 radical (unpaired) electrons. The van der Waals surface area contributed by atoms with E-state index in [0.717, 1.165) is 0 Å². The smallest absolute Gasteiger partial charge is 0.217 e. The molecule has 10 heavy (non-hydrogen) atoms. The number of hydrogen-bond donors (Lipinski definition) is 2. The zero-order chi connectivity index (χ0) is 7.40. The molecule has 4 nitrogen and oxygen atoms in total. The summed E-state index contributed by atoms with van der Waals surface area (Å²) in [5, 5.41) is 6.40. The highest BCUT2D eigenvalue weighted by molar-refractivity contribution is 5.80. The van der Waals surface area contributed by atoms with Gasteiger partial charge in [-0.1, -0.05) is 0 Å². The lowest BCUT2D eigenvalue weighted by Crippen LogP contribution is -2.34. The van der Waals surface area contributed by atoms with E-state index in [1.54, 1.807) is 12.4 Å². The van der Waals surface area contributed by atoms with E-state index in [4.69, 9.17) is 0 Å². The van der Waals surface area contributed by atoms with E-state index in [9.17, 15) is 4.79 Å². The summed E-state index contributed by atoms with van der Waals surface area (Å²) >= 11 is 0. The Hall–Kier alpha value is -1.32. The molecule has 0 bridgehead atoms. The quantitative estimate of drug-likeness (QED) is 0.519. The summed E-state index contributed by atoms with van der Waals surface area (Å²) in [5.74, 6) is -0.0528. The summed E-state index contributed by atoms with van der Waals surface area (Å²) in [6, 6.07) is -0.0567. The van der Waals surface area contributed by atoms with Crippen LogP contribution in [0.2, 0.25) is 0 Å². The first kappa shape index (κ1) is 6.80. The number of hydrogen-bond acceptors (Lipinski definition) is 3. The van der Waals surface area contributed by atoms with Gasteiger partial charge >= 0.3 is 0 Å². The van der Waals surface area contributed by atoms with Crippen molar-refractivity contribution < 1.29 is 4.79 Å². The average Bonchev–Trinajstić information content (AvgIpc) is 1.88. The van der Waals surface area contributed by atoms with Crippen molar-refractivity contribution in [3.05, 3.63) is 12.3 Å². The molecule has 1 amide bonds. The lowest BCUT2D eigenvalue weighted by atomic mass is 10.3. The van der Waals surface area contributed by atoms with Crippen LogP contribution in [0.5, 0.6) is 0 Å². The van der Waals surface area contributed by atoms with Gasteiger partial charge in [0.05, 0.1) is 12.3 Å². The summed E-state index contributed by atoms with van der Waals surface area (Å²) in [5.41, 5.74) is 2.63. The first-order valence-corrected chi connectivity index (χ1v) is 3.01. The summed E-state index contributed by atoms with van der Waals surface area (Å²) in [6.45, 7) is 1.48. The maximum atomic E-state index is 10.5. The highest BCUT2D eigenvalue weighted by Crippen LogP contribution is 1.86. The molecule has 1 heterocycles. The van der Waals surface area contributed by atoms with Crippen molar-refractivity contribution in [2.75, 3.05) is 0 Å². The van der Waals surface area contributed by atoms with Gasteiger partial charge < -0.3 is 5.32 Å². The van der Waals surface area contributed by atoms with E-state index in [0.29, 0.717) is 0 Å². The van der Waals surface area contributed by atoms with Crippen molar-refractivity contribution in [2.45, 2.75) is 13.0 Å². The molecule has 1 aliphatic heterocycles. The Morgan fingerprint density at radius 2 is 2.60 bits per heavy atom. The fraction of sp³-hybridized carbons (Fsp3) is 0.333. The number of rotatable bonds is 1. The molecule has 0 aliphatic carbocycles. The monoisotopic (exact) mass is 139 g/mol. The van der Waals surface area contributed by atoms with Gasteiger partial charge in [-0.25, -0.2) is 0 Å². The van der Waals surface area contributed by atoms with Crippen molar-refractivity contribution >= 4 is 12.1 Å². The van der Waals surface area contributed by atoms with Gasteiger partial charge in [-0.15, -0.1) is 0 Å². The van der Waals surface area contributed by atoms with Crippen LogP contribution in [-0.2, 0) is 4.79 Å². The van der Waals surface area contributed by atoms with Gasteiger partial charge in [-0.3, -0.25) is 10.2 Å². The molecule has 0 saturated heterocycles. The van der Waals surface area contributed by atoms with Crippen LogP contribution in [0.3, 0.4) is 0 Å². The van der Waals surface area contributed by atoms with Crippen molar-refractivity contribution in [3.63, 3.8) is 0 Å². The SMILES string of the molecule is CC(=O)NC1C=CNN=C1. The summed E-state index contributed by atoms with van der Waals surface area (Å²) in [7, 11) is 0. The van der Waals surface area contributed by atoms with Gasteiger partial charge in [0.15, 0.2) is 0 Å². The van der Waals surface area contributed by atoms with Crippen LogP contribution in [0.1, 0.15) is 6.92 Å². The van der Waals surface area contributed by atoms with Crippen LogP contribution in [0.4, 0.5) is 0 Å². The van der Waals surface area contributed by atoms with Crippen molar-refractivity contribution in [3.8, 4) is 0 Å². The Bertz CT molecular complexity index is 173. The molecule has 0 aromatic carbocycles. The van der Waals surface area contributed by atoms with Crippen LogP contribution < -0.4 is 10.7 Å². The van der Waals surface area contributed by atoms with Gasteiger partial charge in [-0.2, -0.15) is 5.10 Å². The Balaban J connectivity index is 2.40. The van der Waals surface area contributed by atoms with Crippen molar-refractivity contribution in [1.29, 1.82) is 0 Å². The maximum absolute atomic E-state index is 10.5. The predicted molar refractivity (Wildman–Crippen MR) is 38.4 cm³/mol. The predicted octanol–water partition coefficient (Wildman–Crippen LogP) is -0.406. The number of carbonyl (C=O) groups excluding carboxylic acids is 1.